The summed E-state index contributed by atoms with van der Waals surface area (Å²) in [5.74, 6) is 0. The molecular weight excluding hydrogens is 232 g/mol. The van der Waals surface area contributed by atoms with E-state index in [1.54, 1.807) is 20.8 Å². The Balaban J connectivity index is 4.78. The Morgan fingerprint density at radius 2 is 2.00 bits per heavy atom. The van der Waals surface area contributed by atoms with Crippen molar-refractivity contribution in [1.29, 1.82) is 0 Å². The van der Waals surface area contributed by atoms with E-state index in [2.05, 4.69) is 6.58 Å². The molecule has 0 bridgehead atoms. The Kier molecular flexibility index (Phi) is 4.95. The van der Waals surface area contributed by atoms with Crippen LogP contribution in [0.4, 0.5) is 4.79 Å². The molecule has 0 atom stereocenters. The average Bonchev–Trinajstić information content (AvgIpc) is 1.98. The van der Waals surface area contributed by atoms with Crippen molar-refractivity contribution in [1.82, 2.24) is 4.31 Å². The first-order chi connectivity index (χ1) is 7.08. The molecule has 0 aliphatic heterocycles. The molecule has 0 aromatic rings. The summed E-state index contributed by atoms with van der Waals surface area (Å²) >= 11 is 0. The van der Waals surface area contributed by atoms with E-state index >= 15 is 0 Å². The minimum absolute atomic E-state index is 0.0722. The van der Waals surface area contributed by atoms with Crippen LogP contribution in [0.1, 0.15) is 27.2 Å². The first-order valence-corrected chi connectivity index (χ1v) is 6.22. The lowest BCUT2D eigenvalue weighted by molar-refractivity contribution is 0.0393. The molecule has 0 rings (SSSR count). The highest BCUT2D eigenvalue weighted by Gasteiger charge is 2.28. The number of rotatable bonds is 4. The lowest BCUT2D eigenvalue weighted by Crippen LogP contribution is -2.44. The van der Waals surface area contributed by atoms with E-state index in [9.17, 15) is 13.2 Å². The van der Waals surface area contributed by atoms with Gasteiger partial charge in [0.15, 0.2) is 0 Å². The third-order valence-corrected chi connectivity index (χ3v) is 2.39. The van der Waals surface area contributed by atoms with Crippen molar-refractivity contribution >= 4 is 16.3 Å². The molecule has 0 aromatic carbocycles. The molecule has 0 aliphatic rings. The molecule has 6 nitrogen and oxygen atoms in total. The Bertz CT molecular complexity index is 356. The van der Waals surface area contributed by atoms with Gasteiger partial charge in [0, 0.05) is 6.54 Å². The third kappa shape index (κ3) is 5.72. The molecule has 0 saturated carbocycles. The van der Waals surface area contributed by atoms with Crippen molar-refractivity contribution in [3.05, 3.63) is 12.7 Å². The van der Waals surface area contributed by atoms with Crippen molar-refractivity contribution < 1.29 is 17.9 Å². The van der Waals surface area contributed by atoms with Gasteiger partial charge in [-0.1, -0.05) is 6.08 Å². The normalized spacial score (nSPS) is 12.0. The number of nitrogens with zero attached hydrogens (tertiary/aromatic N) is 1. The molecule has 0 spiro atoms. The summed E-state index contributed by atoms with van der Waals surface area (Å²) in [7, 11) is -4.10. The zero-order valence-electron chi connectivity index (χ0n) is 9.76. The van der Waals surface area contributed by atoms with Gasteiger partial charge in [-0.2, -0.15) is 12.7 Å². The maximum absolute atomic E-state index is 11.5. The lowest BCUT2D eigenvalue weighted by Gasteiger charge is -2.25. The summed E-state index contributed by atoms with van der Waals surface area (Å²) in [4.78, 5) is 11.5. The fraction of sp³-hybridized carbons (Fsp3) is 0.667. The summed E-state index contributed by atoms with van der Waals surface area (Å²) in [5, 5.41) is 4.90. The average molecular weight is 250 g/mol. The number of nitrogens with two attached hydrogens (primary N) is 1. The van der Waals surface area contributed by atoms with Gasteiger partial charge in [0.05, 0.1) is 0 Å². The Morgan fingerprint density at radius 1 is 1.50 bits per heavy atom. The van der Waals surface area contributed by atoms with Crippen LogP contribution in [0.5, 0.6) is 0 Å². The van der Waals surface area contributed by atoms with Crippen LogP contribution in [0.2, 0.25) is 0 Å². The molecular formula is C9H18N2O4S. The fourth-order valence-electron chi connectivity index (χ4n) is 0.844. The van der Waals surface area contributed by atoms with E-state index in [0.717, 1.165) is 0 Å². The van der Waals surface area contributed by atoms with Crippen LogP contribution in [0.25, 0.3) is 0 Å². The zero-order chi connectivity index (χ0) is 13.0. The van der Waals surface area contributed by atoms with Crippen LogP contribution in [0.15, 0.2) is 12.7 Å². The van der Waals surface area contributed by atoms with Gasteiger partial charge in [0.25, 0.3) is 0 Å². The predicted octanol–water partition coefficient (Wildman–Crippen LogP) is 1.00. The SMILES string of the molecule is C=CCCN(C(=O)OC(C)(C)C)S(N)(=O)=O. The maximum Gasteiger partial charge on any atom is 0.425 e. The van der Waals surface area contributed by atoms with E-state index in [1.807, 2.05) is 0 Å². The van der Waals surface area contributed by atoms with E-state index in [0.29, 0.717) is 10.7 Å². The fourth-order valence-corrected chi connectivity index (χ4v) is 1.45. The topological polar surface area (TPSA) is 89.7 Å². The molecule has 0 saturated heterocycles. The molecule has 94 valence electrons. The first-order valence-electron chi connectivity index (χ1n) is 4.72. The van der Waals surface area contributed by atoms with Crippen LogP contribution in [0, 0.1) is 0 Å². The summed E-state index contributed by atoms with van der Waals surface area (Å²) in [6.45, 7) is 8.28. The minimum atomic E-state index is -4.10. The molecule has 0 fully saturated rings. The summed E-state index contributed by atoms with van der Waals surface area (Å²) < 4.78 is 27.7. The standard InChI is InChI=1S/C9H18N2O4S/c1-5-6-7-11(16(10,13)14)8(12)15-9(2,3)4/h5H,1,6-7H2,2-4H3,(H2,10,13,14). The van der Waals surface area contributed by atoms with E-state index in [-0.39, 0.29) is 6.54 Å². The van der Waals surface area contributed by atoms with Gasteiger partial charge in [0.1, 0.15) is 5.60 Å². The van der Waals surface area contributed by atoms with Gasteiger partial charge in [-0.3, -0.25) is 0 Å². The Morgan fingerprint density at radius 3 is 2.31 bits per heavy atom. The van der Waals surface area contributed by atoms with Gasteiger partial charge >= 0.3 is 16.3 Å². The van der Waals surface area contributed by atoms with Crippen molar-refractivity contribution in [2.24, 2.45) is 5.14 Å². The molecule has 0 aromatic heterocycles. The summed E-state index contributed by atoms with van der Waals surface area (Å²) in [6, 6.07) is 0. The quantitative estimate of drug-likeness (QED) is 0.754. The van der Waals surface area contributed by atoms with Gasteiger partial charge in [-0.15, -0.1) is 6.58 Å². The number of ether oxygens (including phenoxy) is 1. The van der Waals surface area contributed by atoms with Crippen molar-refractivity contribution in [3.63, 3.8) is 0 Å². The number of hydrogen-bond acceptors (Lipinski definition) is 4. The third-order valence-electron chi connectivity index (χ3n) is 1.44. The second kappa shape index (κ2) is 5.31. The number of amides is 1. The monoisotopic (exact) mass is 250 g/mol. The molecule has 0 aliphatic carbocycles. The van der Waals surface area contributed by atoms with Gasteiger partial charge in [-0.05, 0) is 27.2 Å². The minimum Gasteiger partial charge on any atom is -0.443 e. The van der Waals surface area contributed by atoms with Crippen LogP contribution in [0.3, 0.4) is 0 Å². The van der Waals surface area contributed by atoms with E-state index < -0.39 is 21.9 Å². The highest BCUT2D eigenvalue weighted by Crippen LogP contribution is 2.11. The highest BCUT2D eigenvalue weighted by molar-refractivity contribution is 7.87. The summed E-state index contributed by atoms with van der Waals surface area (Å²) in [6.07, 6.45) is 0.829. The van der Waals surface area contributed by atoms with E-state index in [1.165, 1.54) is 6.08 Å². The Hall–Kier alpha value is -1.08. The lowest BCUT2D eigenvalue weighted by atomic mass is 10.2. The molecule has 0 unspecified atom stereocenters. The van der Waals surface area contributed by atoms with Gasteiger partial charge in [-0.25, -0.2) is 9.93 Å². The van der Waals surface area contributed by atoms with Crippen molar-refractivity contribution in [2.75, 3.05) is 6.54 Å². The number of carbonyl (C=O) groups excluding carboxylic acids is 1. The van der Waals surface area contributed by atoms with Crippen molar-refractivity contribution in [2.45, 2.75) is 32.8 Å². The number of carbonyl (C=O) groups is 1. The van der Waals surface area contributed by atoms with Crippen LogP contribution in [-0.4, -0.2) is 31.0 Å². The molecule has 1 amide bonds. The molecule has 0 heterocycles. The molecule has 7 heteroatoms. The second-order valence-electron chi connectivity index (χ2n) is 4.17. The van der Waals surface area contributed by atoms with Crippen LogP contribution >= 0.6 is 0 Å². The zero-order valence-corrected chi connectivity index (χ0v) is 10.6. The maximum atomic E-state index is 11.5. The van der Waals surface area contributed by atoms with Crippen molar-refractivity contribution in [3.8, 4) is 0 Å². The van der Waals surface area contributed by atoms with Crippen LogP contribution < -0.4 is 5.14 Å². The highest BCUT2D eigenvalue weighted by atomic mass is 32.2. The van der Waals surface area contributed by atoms with Gasteiger partial charge < -0.3 is 4.74 Å². The molecule has 16 heavy (non-hydrogen) atoms. The predicted molar refractivity (Wildman–Crippen MR) is 60.9 cm³/mol. The van der Waals surface area contributed by atoms with Crippen LogP contribution in [-0.2, 0) is 14.9 Å². The van der Waals surface area contributed by atoms with Gasteiger partial charge in [0.2, 0.25) is 0 Å². The largest absolute Gasteiger partial charge is 0.443 e. The Labute approximate surface area is 96.2 Å². The molecule has 0 radical (unpaired) electrons. The first kappa shape index (κ1) is 14.9. The second-order valence-corrected chi connectivity index (χ2v) is 5.65. The number of hydrogen-bond donors (Lipinski definition) is 1. The smallest absolute Gasteiger partial charge is 0.425 e. The van der Waals surface area contributed by atoms with E-state index in [4.69, 9.17) is 9.88 Å². The molecule has 2 N–H and O–H groups in total. The summed E-state index contributed by atoms with van der Waals surface area (Å²) in [5.41, 5.74) is -0.770.